The van der Waals surface area contributed by atoms with E-state index in [4.69, 9.17) is 4.74 Å². The van der Waals surface area contributed by atoms with Gasteiger partial charge in [0.1, 0.15) is 5.03 Å². The zero-order valence-electron chi connectivity index (χ0n) is 7.87. The second-order valence-corrected chi connectivity index (χ2v) is 3.56. The Bertz CT molecular complexity index is 258. The van der Waals surface area contributed by atoms with Crippen molar-refractivity contribution in [1.82, 2.24) is 9.78 Å². The summed E-state index contributed by atoms with van der Waals surface area (Å²) in [5.41, 5.74) is 0. The van der Waals surface area contributed by atoms with Crippen molar-refractivity contribution >= 4 is 11.8 Å². The zero-order chi connectivity index (χ0) is 9.14. The van der Waals surface area contributed by atoms with Crippen molar-refractivity contribution in [2.45, 2.75) is 24.9 Å². The summed E-state index contributed by atoms with van der Waals surface area (Å²) in [5.74, 6) is 0.858. The lowest BCUT2D eigenvalue weighted by Gasteiger charge is -2.09. The smallest absolute Gasteiger partial charge is 0.170 e. The molecule has 1 aromatic heterocycles. The largest absolute Gasteiger partial charge is 0.492 e. The Hall–Kier alpha value is -0.640. The Morgan fingerprint density at radius 1 is 1.58 bits per heavy atom. The summed E-state index contributed by atoms with van der Waals surface area (Å²) in [4.78, 5) is 0. The number of nitrogens with zero attached hydrogens (tertiary/aromatic N) is 2. The summed E-state index contributed by atoms with van der Waals surface area (Å²) in [6, 6.07) is 0.386. The molecule has 0 fully saturated rings. The van der Waals surface area contributed by atoms with E-state index in [2.05, 4.69) is 18.9 Å². The van der Waals surface area contributed by atoms with Crippen LogP contribution in [0.25, 0.3) is 0 Å². The number of hydrogen-bond acceptors (Lipinski definition) is 3. The molecule has 1 rings (SSSR count). The third-order valence-electron chi connectivity index (χ3n) is 1.62. The van der Waals surface area contributed by atoms with Gasteiger partial charge in [-0.05, 0) is 20.1 Å². The van der Waals surface area contributed by atoms with Gasteiger partial charge in [-0.2, -0.15) is 5.10 Å². The quantitative estimate of drug-likeness (QED) is 0.677. The zero-order valence-corrected chi connectivity index (χ0v) is 8.68. The van der Waals surface area contributed by atoms with Crippen molar-refractivity contribution < 1.29 is 4.74 Å². The lowest BCUT2D eigenvalue weighted by atomic mass is 10.4. The first-order chi connectivity index (χ1) is 5.70. The van der Waals surface area contributed by atoms with E-state index in [0.717, 1.165) is 10.8 Å². The molecule has 0 N–H and O–H groups in total. The van der Waals surface area contributed by atoms with Crippen molar-refractivity contribution in [2.24, 2.45) is 0 Å². The molecule has 1 aromatic rings. The monoisotopic (exact) mass is 186 g/mol. The minimum absolute atomic E-state index is 0.386. The highest BCUT2D eigenvalue weighted by Gasteiger charge is 2.11. The molecule has 12 heavy (non-hydrogen) atoms. The van der Waals surface area contributed by atoms with Crippen molar-refractivity contribution in [1.29, 1.82) is 0 Å². The van der Waals surface area contributed by atoms with E-state index in [1.165, 1.54) is 0 Å². The first kappa shape index (κ1) is 9.45. The van der Waals surface area contributed by atoms with Crippen molar-refractivity contribution in [3.63, 3.8) is 0 Å². The van der Waals surface area contributed by atoms with Gasteiger partial charge in [0, 0.05) is 6.04 Å². The molecule has 0 aliphatic heterocycles. The first-order valence-corrected chi connectivity index (χ1v) is 5.08. The number of rotatable bonds is 3. The Morgan fingerprint density at radius 2 is 2.25 bits per heavy atom. The lowest BCUT2D eigenvalue weighted by molar-refractivity contribution is 0.394. The van der Waals surface area contributed by atoms with E-state index in [1.807, 2.05) is 10.9 Å². The Kier molecular flexibility index (Phi) is 3.03. The predicted octanol–water partition coefficient (Wildman–Crippen LogP) is 2.19. The summed E-state index contributed by atoms with van der Waals surface area (Å²) in [6.07, 6.45) is 3.78. The summed E-state index contributed by atoms with van der Waals surface area (Å²) in [7, 11) is 1.67. The highest BCUT2D eigenvalue weighted by atomic mass is 32.2. The minimum atomic E-state index is 0.386. The van der Waals surface area contributed by atoms with E-state index >= 15 is 0 Å². The van der Waals surface area contributed by atoms with Gasteiger partial charge in [-0.15, -0.1) is 11.8 Å². The molecule has 1 heterocycles. The highest BCUT2D eigenvalue weighted by molar-refractivity contribution is 7.98. The van der Waals surface area contributed by atoms with Gasteiger partial charge in [0.05, 0.1) is 13.3 Å². The molecule has 68 valence electrons. The van der Waals surface area contributed by atoms with E-state index in [0.29, 0.717) is 6.04 Å². The van der Waals surface area contributed by atoms with Crippen LogP contribution >= 0.6 is 11.8 Å². The van der Waals surface area contributed by atoms with Crippen LogP contribution in [0.5, 0.6) is 5.75 Å². The molecule has 0 bridgehead atoms. The third kappa shape index (κ3) is 1.58. The van der Waals surface area contributed by atoms with Crippen LogP contribution in [0.2, 0.25) is 0 Å². The molecule has 0 saturated heterocycles. The number of thioether (sulfide) groups is 1. The summed E-state index contributed by atoms with van der Waals surface area (Å²) < 4.78 is 7.12. The van der Waals surface area contributed by atoms with Gasteiger partial charge in [0.25, 0.3) is 0 Å². The maximum atomic E-state index is 5.16. The average Bonchev–Trinajstić information content (AvgIpc) is 2.46. The Balaban J connectivity index is 3.05. The van der Waals surface area contributed by atoms with Crippen molar-refractivity contribution in [3.8, 4) is 5.75 Å². The number of aromatic nitrogens is 2. The highest BCUT2D eigenvalue weighted by Crippen LogP contribution is 2.28. The molecule has 0 aromatic carbocycles. The molecule has 0 saturated carbocycles. The topological polar surface area (TPSA) is 27.1 Å². The van der Waals surface area contributed by atoms with Crippen LogP contribution < -0.4 is 4.74 Å². The molecule has 0 amide bonds. The summed E-state index contributed by atoms with van der Waals surface area (Å²) >= 11 is 1.66. The molecule has 0 spiro atoms. The van der Waals surface area contributed by atoms with Crippen LogP contribution in [-0.4, -0.2) is 23.1 Å². The first-order valence-electron chi connectivity index (χ1n) is 3.86. The van der Waals surface area contributed by atoms with Gasteiger partial charge < -0.3 is 4.74 Å². The van der Waals surface area contributed by atoms with E-state index < -0.39 is 0 Å². The second kappa shape index (κ2) is 3.85. The molecule has 3 nitrogen and oxygen atoms in total. The minimum Gasteiger partial charge on any atom is -0.492 e. The fourth-order valence-corrected chi connectivity index (χ4v) is 1.82. The van der Waals surface area contributed by atoms with Crippen LogP contribution in [0.3, 0.4) is 0 Å². The van der Waals surface area contributed by atoms with Crippen LogP contribution in [0.1, 0.15) is 19.9 Å². The van der Waals surface area contributed by atoms with Gasteiger partial charge in [-0.1, -0.05) is 0 Å². The number of methoxy groups -OCH3 is 1. The predicted molar refractivity (Wildman–Crippen MR) is 50.9 cm³/mol. The van der Waals surface area contributed by atoms with E-state index in [9.17, 15) is 0 Å². The van der Waals surface area contributed by atoms with Gasteiger partial charge in [0.15, 0.2) is 5.75 Å². The molecule has 4 heteroatoms. The summed E-state index contributed by atoms with van der Waals surface area (Å²) in [5, 5.41) is 5.32. The van der Waals surface area contributed by atoms with Crippen LogP contribution in [0, 0.1) is 0 Å². The lowest BCUT2D eigenvalue weighted by Crippen LogP contribution is -2.03. The molecule has 0 aliphatic rings. The Labute approximate surface area is 77.1 Å². The van der Waals surface area contributed by atoms with Gasteiger partial charge in [0.2, 0.25) is 0 Å². The molecular formula is C8H14N2OS. The fourth-order valence-electron chi connectivity index (χ4n) is 1.04. The van der Waals surface area contributed by atoms with Crippen LogP contribution in [0.4, 0.5) is 0 Å². The standard InChI is InChI=1S/C8H14N2OS/c1-6(2)10-8(12-4)7(11-3)5-9-10/h5-6H,1-4H3. The van der Waals surface area contributed by atoms with Crippen LogP contribution in [-0.2, 0) is 0 Å². The average molecular weight is 186 g/mol. The second-order valence-electron chi connectivity index (χ2n) is 2.76. The van der Waals surface area contributed by atoms with Gasteiger partial charge in [-0.3, -0.25) is 4.68 Å². The van der Waals surface area contributed by atoms with Gasteiger partial charge in [-0.25, -0.2) is 0 Å². The third-order valence-corrected chi connectivity index (χ3v) is 2.40. The molecule has 0 radical (unpaired) electrons. The van der Waals surface area contributed by atoms with E-state index in [-0.39, 0.29) is 0 Å². The maximum absolute atomic E-state index is 5.16. The fraction of sp³-hybridized carbons (Fsp3) is 0.625. The van der Waals surface area contributed by atoms with E-state index in [1.54, 1.807) is 25.1 Å². The van der Waals surface area contributed by atoms with Gasteiger partial charge >= 0.3 is 0 Å². The Morgan fingerprint density at radius 3 is 2.67 bits per heavy atom. The SMILES string of the molecule is COc1cnn(C(C)C)c1SC. The molecule has 0 unspecified atom stereocenters. The molecule has 0 atom stereocenters. The normalized spacial score (nSPS) is 10.8. The van der Waals surface area contributed by atoms with Crippen molar-refractivity contribution in [3.05, 3.63) is 6.20 Å². The van der Waals surface area contributed by atoms with Crippen LogP contribution in [0.15, 0.2) is 11.2 Å². The molecular weight excluding hydrogens is 172 g/mol. The molecule has 0 aliphatic carbocycles. The summed E-state index contributed by atoms with van der Waals surface area (Å²) in [6.45, 7) is 4.21. The number of hydrogen-bond donors (Lipinski definition) is 0. The van der Waals surface area contributed by atoms with Crippen molar-refractivity contribution in [2.75, 3.05) is 13.4 Å². The maximum Gasteiger partial charge on any atom is 0.170 e. The number of ether oxygens (including phenoxy) is 1.